The van der Waals surface area contributed by atoms with E-state index in [1.54, 1.807) is 4.90 Å². The molecule has 0 radical (unpaired) electrons. The van der Waals surface area contributed by atoms with Gasteiger partial charge >= 0.3 is 0 Å². The fourth-order valence-electron chi connectivity index (χ4n) is 1.91. The minimum Gasteiger partial charge on any atom is -0.332 e. The third kappa shape index (κ3) is 4.98. The van der Waals surface area contributed by atoms with E-state index in [1.807, 2.05) is 13.8 Å². The summed E-state index contributed by atoms with van der Waals surface area (Å²) in [5.74, 6) is -0.474. The molecule has 0 saturated heterocycles. The van der Waals surface area contributed by atoms with Gasteiger partial charge in [0.05, 0.1) is 4.92 Å². The highest BCUT2D eigenvalue weighted by Crippen LogP contribution is 2.32. The second-order valence-corrected chi connectivity index (χ2v) is 6.81. The quantitative estimate of drug-likeness (QED) is 0.361. The normalized spacial score (nSPS) is 13.0. The number of nitro groups is 1. The zero-order valence-electron chi connectivity index (χ0n) is 12.1. The molecule has 1 atom stereocenters. The molecule has 1 aromatic carbocycles. The highest BCUT2D eigenvalue weighted by molar-refractivity contribution is 6.68. The summed E-state index contributed by atoms with van der Waals surface area (Å²) in [6.07, 6.45) is -0.810. The van der Waals surface area contributed by atoms with Crippen LogP contribution in [0.25, 0.3) is 0 Å². The Morgan fingerprint density at radius 2 is 1.77 bits per heavy atom. The Morgan fingerprint density at radius 1 is 1.27 bits per heavy atom. The number of nitro benzene ring substituents is 1. The molecule has 0 aliphatic carbocycles. The van der Waals surface area contributed by atoms with E-state index in [2.05, 4.69) is 5.32 Å². The number of hydrogen-bond acceptors (Lipinski definition) is 4. The van der Waals surface area contributed by atoms with Crippen LogP contribution in [0.2, 0.25) is 0 Å². The highest BCUT2D eigenvalue weighted by Gasteiger charge is 2.37. The Balaban J connectivity index is 2.93. The number of amides is 1. The fourth-order valence-corrected chi connectivity index (χ4v) is 2.49. The number of benzene rings is 1. The maximum Gasteiger partial charge on any atom is 0.269 e. The van der Waals surface area contributed by atoms with Gasteiger partial charge in [0.25, 0.3) is 11.6 Å². The van der Waals surface area contributed by atoms with Crippen LogP contribution < -0.4 is 5.32 Å². The van der Waals surface area contributed by atoms with Gasteiger partial charge in [0, 0.05) is 17.7 Å². The SMILES string of the molecule is CCN(CC)[C@H](NC(=O)c1ccc([N+](=O)[O-])cc1)C(Cl)(Cl)Cl. The van der Waals surface area contributed by atoms with E-state index in [4.69, 9.17) is 34.8 Å². The predicted octanol–water partition coefficient (Wildman–Crippen LogP) is 3.36. The van der Waals surface area contributed by atoms with Gasteiger partial charge in [-0.25, -0.2) is 0 Å². The van der Waals surface area contributed by atoms with Gasteiger partial charge in [-0.15, -0.1) is 0 Å². The Hall–Kier alpha value is -1.08. The van der Waals surface area contributed by atoms with Crippen LogP contribution in [0.4, 0.5) is 5.69 Å². The van der Waals surface area contributed by atoms with Crippen LogP contribution >= 0.6 is 34.8 Å². The summed E-state index contributed by atoms with van der Waals surface area (Å²) in [4.78, 5) is 24.1. The molecule has 9 heteroatoms. The van der Waals surface area contributed by atoms with Gasteiger partial charge in [0.1, 0.15) is 6.17 Å². The first-order valence-electron chi connectivity index (χ1n) is 6.56. The number of nitrogens with zero attached hydrogens (tertiary/aromatic N) is 2. The van der Waals surface area contributed by atoms with E-state index in [9.17, 15) is 14.9 Å². The van der Waals surface area contributed by atoms with E-state index in [0.717, 1.165) is 0 Å². The molecule has 0 aromatic heterocycles. The standard InChI is InChI=1S/C13H16Cl3N3O3/c1-3-18(4-2)12(13(14,15)16)17-11(20)9-5-7-10(8-6-9)19(21)22/h5-8,12H,3-4H2,1-2H3,(H,17,20)/t12-/m0/s1. The largest absolute Gasteiger partial charge is 0.332 e. The summed E-state index contributed by atoms with van der Waals surface area (Å²) in [6.45, 7) is 4.92. The van der Waals surface area contributed by atoms with E-state index >= 15 is 0 Å². The smallest absolute Gasteiger partial charge is 0.269 e. The first-order chi connectivity index (χ1) is 10.2. The number of carbonyl (C=O) groups excluding carboxylic acids is 1. The zero-order chi connectivity index (χ0) is 16.9. The lowest BCUT2D eigenvalue weighted by Gasteiger charge is -2.34. The number of carbonyl (C=O) groups is 1. The molecule has 22 heavy (non-hydrogen) atoms. The molecule has 0 saturated carbocycles. The molecule has 0 fully saturated rings. The number of non-ortho nitro benzene ring substituents is 1. The fraction of sp³-hybridized carbons (Fsp3) is 0.462. The number of halogens is 3. The van der Waals surface area contributed by atoms with E-state index in [0.29, 0.717) is 13.1 Å². The molecule has 0 spiro atoms. The van der Waals surface area contributed by atoms with Gasteiger partial charge in [-0.3, -0.25) is 19.8 Å². The van der Waals surface area contributed by atoms with E-state index in [1.165, 1.54) is 24.3 Å². The van der Waals surface area contributed by atoms with Crippen LogP contribution in [0, 0.1) is 10.1 Å². The van der Waals surface area contributed by atoms with Crippen molar-refractivity contribution in [3.05, 3.63) is 39.9 Å². The van der Waals surface area contributed by atoms with Crippen LogP contribution in [0.15, 0.2) is 24.3 Å². The molecule has 0 aliphatic rings. The molecule has 1 rings (SSSR count). The molecule has 0 heterocycles. The van der Waals surface area contributed by atoms with E-state index < -0.39 is 20.8 Å². The van der Waals surface area contributed by atoms with Crippen LogP contribution in [-0.4, -0.2) is 38.8 Å². The lowest BCUT2D eigenvalue weighted by Crippen LogP contribution is -2.55. The van der Waals surface area contributed by atoms with Gasteiger partial charge in [-0.05, 0) is 25.2 Å². The summed E-state index contributed by atoms with van der Waals surface area (Å²) in [6, 6.07) is 5.20. The monoisotopic (exact) mass is 367 g/mol. The topological polar surface area (TPSA) is 75.5 Å². The minimum absolute atomic E-state index is 0.0989. The van der Waals surface area contributed by atoms with Gasteiger partial charge < -0.3 is 5.32 Å². The molecular formula is C13H16Cl3N3O3. The summed E-state index contributed by atoms with van der Waals surface area (Å²) in [7, 11) is 0. The molecule has 6 nitrogen and oxygen atoms in total. The van der Waals surface area contributed by atoms with Crippen molar-refractivity contribution in [2.24, 2.45) is 0 Å². The van der Waals surface area contributed by atoms with Crippen molar-refractivity contribution >= 4 is 46.4 Å². The predicted molar refractivity (Wildman–Crippen MR) is 87.6 cm³/mol. The molecular weight excluding hydrogens is 353 g/mol. The summed E-state index contributed by atoms with van der Waals surface area (Å²) in [5, 5.41) is 13.2. The average molecular weight is 369 g/mol. The third-order valence-electron chi connectivity index (χ3n) is 3.10. The van der Waals surface area contributed by atoms with Gasteiger partial charge in [-0.1, -0.05) is 48.7 Å². The van der Waals surface area contributed by atoms with Crippen molar-refractivity contribution in [2.75, 3.05) is 13.1 Å². The van der Waals surface area contributed by atoms with Crippen molar-refractivity contribution in [3.8, 4) is 0 Å². The van der Waals surface area contributed by atoms with Crippen molar-refractivity contribution in [2.45, 2.75) is 23.8 Å². The molecule has 1 amide bonds. The molecule has 0 unspecified atom stereocenters. The van der Waals surface area contributed by atoms with Crippen molar-refractivity contribution in [3.63, 3.8) is 0 Å². The minimum atomic E-state index is -1.71. The molecule has 1 aromatic rings. The van der Waals surface area contributed by atoms with Crippen molar-refractivity contribution < 1.29 is 9.72 Å². The average Bonchev–Trinajstić information content (AvgIpc) is 2.46. The van der Waals surface area contributed by atoms with Crippen LogP contribution in [-0.2, 0) is 0 Å². The second-order valence-electron chi connectivity index (χ2n) is 4.44. The first kappa shape index (κ1) is 19.0. The Bertz CT molecular complexity index is 528. The summed E-state index contributed by atoms with van der Waals surface area (Å²) < 4.78 is -1.71. The lowest BCUT2D eigenvalue weighted by molar-refractivity contribution is -0.384. The summed E-state index contributed by atoms with van der Waals surface area (Å²) in [5.41, 5.74) is 0.148. The van der Waals surface area contributed by atoms with Crippen molar-refractivity contribution in [1.29, 1.82) is 0 Å². The number of nitrogens with one attached hydrogen (secondary N) is 1. The van der Waals surface area contributed by atoms with Crippen molar-refractivity contribution in [1.82, 2.24) is 10.2 Å². The molecule has 0 bridgehead atoms. The highest BCUT2D eigenvalue weighted by atomic mass is 35.6. The maximum atomic E-state index is 12.2. The van der Waals surface area contributed by atoms with Gasteiger partial charge in [0.2, 0.25) is 3.79 Å². The molecule has 122 valence electrons. The number of rotatable bonds is 6. The molecule has 0 aliphatic heterocycles. The Labute approximate surface area is 143 Å². The maximum absolute atomic E-state index is 12.2. The Kier molecular flexibility index (Phi) is 6.87. The number of hydrogen-bond donors (Lipinski definition) is 1. The van der Waals surface area contributed by atoms with Gasteiger partial charge in [0.15, 0.2) is 0 Å². The second kappa shape index (κ2) is 7.97. The Morgan fingerprint density at radius 3 is 2.14 bits per heavy atom. The lowest BCUT2D eigenvalue weighted by atomic mass is 10.2. The van der Waals surface area contributed by atoms with Crippen LogP contribution in [0.1, 0.15) is 24.2 Å². The van der Waals surface area contributed by atoms with E-state index in [-0.39, 0.29) is 11.3 Å². The zero-order valence-corrected chi connectivity index (χ0v) is 14.3. The van der Waals surface area contributed by atoms with Crippen LogP contribution in [0.3, 0.4) is 0 Å². The third-order valence-corrected chi connectivity index (χ3v) is 3.72. The molecule has 1 N–H and O–H groups in total. The number of alkyl halides is 3. The first-order valence-corrected chi connectivity index (χ1v) is 7.70. The van der Waals surface area contributed by atoms with Gasteiger partial charge in [-0.2, -0.15) is 0 Å². The summed E-state index contributed by atoms with van der Waals surface area (Å²) >= 11 is 17.8. The van der Waals surface area contributed by atoms with Crippen LogP contribution in [0.5, 0.6) is 0 Å².